The quantitative estimate of drug-likeness (QED) is 0.0802. The topological polar surface area (TPSA) is 230 Å². The molecule has 0 radical (unpaired) electrons. The third-order valence-corrected chi connectivity index (χ3v) is 8.76. The van der Waals surface area contributed by atoms with Crippen LogP contribution in [0, 0.1) is 11.8 Å². The fourth-order valence-electron chi connectivity index (χ4n) is 5.92. The number of rotatable bonds is 19. The maximum atomic E-state index is 13.9. The summed E-state index contributed by atoms with van der Waals surface area (Å²) in [6.45, 7) is 5.08. The summed E-state index contributed by atoms with van der Waals surface area (Å²) in [7, 11) is 0. The van der Waals surface area contributed by atoms with Gasteiger partial charge in [-0.15, -0.1) is 50.4 Å². The van der Waals surface area contributed by atoms with Gasteiger partial charge in [0.2, 0.25) is 17.7 Å². The predicted octanol–water partition coefficient (Wildman–Crippen LogP) is 2.60. The van der Waals surface area contributed by atoms with E-state index in [1.807, 2.05) is 13.8 Å². The van der Waals surface area contributed by atoms with Crippen molar-refractivity contribution in [3.05, 3.63) is 65.7 Å². The van der Waals surface area contributed by atoms with Crippen molar-refractivity contribution >= 4 is 66.9 Å². The van der Waals surface area contributed by atoms with Crippen molar-refractivity contribution in [2.24, 2.45) is 29.0 Å². The Morgan fingerprint density at radius 3 is 1.88 bits per heavy atom. The highest BCUT2D eigenvalue weighted by atomic mass is 35.5. The summed E-state index contributed by atoms with van der Waals surface area (Å²) in [6.07, 6.45) is -3.52. The molecule has 14 nitrogen and oxygen atoms in total. The number of hydrogen-bond acceptors (Lipinski definition) is 11. The lowest BCUT2D eigenvalue weighted by atomic mass is 9.98. The lowest BCUT2D eigenvalue weighted by molar-refractivity contribution is -0.274. The number of carbonyl (C=O) groups is 5. The van der Waals surface area contributed by atoms with E-state index < -0.39 is 77.9 Å². The zero-order valence-electron chi connectivity index (χ0n) is 31.8. The molecular formula is C37H55Cl3F3N7O7. The van der Waals surface area contributed by atoms with Crippen molar-refractivity contribution in [3.8, 4) is 5.75 Å². The van der Waals surface area contributed by atoms with Crippen LogP contribution in [0.1, 0.15) is 57.1 Å². The minimum absolute atomic E-state index is 0. The van der Waals surface area contributed by atoms with Crippen molar-refractivity contribution in [2.75, 3.05) is 19.6 Å². The SMILES string of the molecule is CC(C)C[C@@H](NC(=O)[C@@H](Cc1ccccc1)NC(=O)[C@H](N)Cc1ccc(OC(F)(F)F)cc1)C(=O)NC(CC(N)CCN)C(=O)OC(=O)C1CCNCC1.Cl.Cl.Cl. The lowest BCUT2D eigenvalue weighted by Crippen LogP contribution is -2.58. The Labute approximate surface area is 349 Å². The first-order valence-corrected chi connectivity index (χ1v) is 18.0. The number of ether oxygens (including phenoxy) is 2. The summed E-state index contributed by atoms with van der Waals surface area (Å²) in [6, 6.07) is 8.15. The van der Waals surface area contributed by atoms with Crippen molar-refractivity contribution in [2.45, 2.75) is 95.4 Å². The molecule has 1 aliphatic rings. The van der Waals surface area contributed by atoms with Crippen molar-refractivity contribution in [1.29, 1.82) is 0 Å². The van der Waals surface area contributed by atoms with Gasteiger partial charge in [-0.25, -0.2) is 4.79 Å². The Bertz CT molecular complexity index is 1540. The highest BCUT2D eigenvalue weighted by molar-refractivity contribution is 5.96. The predicted molar refractivity (Wildman–Crippen MR) is 215 cm³/mol. The van der Waals surface area contributed by atoms with Crippen LogP contribution in [-0.4, -0.2) is 85.9 Å². The molecule has 1 fully saturated rings. The molecule has 57 heavy (non-hydrogen) atoms. The van der Waals surface area contributed by atoms with E-state index >= 15 is 0 Å². The Kier molecular flexibility index (Phi) is 24.6. The molecule has 3 rings (SSSR count). The summed E-state index contributed by atoms with van der Waals surface area (Å²) in [4.78, 5) is 67.1. The van der Waals surface area contributed by atoms with Gasteiger partial charge >= 0.3 is 18.3 Å². The molecule has 0 saturated carbocycles. The number of carbonyl (C=O) groups excluding carboxylic acids is 5. The van der Waals surface area contributed by atoms with Gasteiger partial charge in [0.1, 0.15) is 23.9 Å². The van der Waals surface area contributed by atoms with Crippen molar-refractivity contribution < 1.29 is 46.6 Å². The molecule has 1 aliphatic heterocycles. The van der Waals surface area contributed by atoms with Crippen LogP contribution in [0.3, 0.4) is 0 Å². The number of alkyl halides is 3. The second kappa shape index (κ2) is 26.3. The van der Waals surface area contributed by atoms with Gasteiger partial charge in [0, 0.05) is 12.5 Å². The summed E-state index contributed by atoms with van der Waals surface area (Å²) in [5.41, 5.74) is 19.1. The second-order valence-corrected chi connectivity index (χ2v) is 13.8. The number of halogens is 6. The van der Waals surface area contributed by atoms with E-state index in [0.717, 1.165) is 12.1 Å². The molecule has 0 aromatic heterocycles. The van der Waals surface area contributed by atoms with Gasteiger partial charge in [-0.1, -0.05) is 56.3 Å². The first kappa shape index (κ1) is 53.3. The highest BCUT2D eigenvalue weighted by Gasteiger charge is 2.35. The average molecular weight is 873 g/mol. The summed E-state index contributed by atoms with van der Waals surface area (Å²) in [5, 5.41) is 11.1. The molecule has 1 saturated heterocycles. The number of amides is 3. The van der Waals surface area contributed by atoms with Crippen LogP contribution in [0.15, 0.2) is 54.6 Å². The normalized spacial score (nSPS) is 15.5. The second-order valence-electron chi connectivity index (χ2n) is 13.8. The van der Waals surface area contributed by atoms with E-state index in [1.54, 1.807) is 30.3 Å². The van der Waals surface area contributed by atoms with Crippen molar-refractivity contribution in [3.63, 3.8) is 0 Å². The molecule has 3 amide bonds. The van der Waals surface area contributed by atoms with E-state index in [0.29, 0.717) is 43.5 Å². The fraction of sp³-hybridized carbons (Fsp3) is 0.541. The molecule has 322 valence electrons. The van der Waals surface area contributed by atoms with Gasteiger partial charge in [0.15, 0.2) is 0 Å². The number of benzene rings is 2. The van der Waals surface area contributed by atoms with Crippen LogP contribution in [-0.2, 0) is 41.6 Å². The van der Waals surface area contributed by atoms with Gasteiger partial charge in [-0.2, -0.15) is 0 Å². The first-order valence-electron chi connectivity index (χ1n) is 18.0. The van der Waals surface area contributed by atoms with Crippen LogP contribution >= 0.6 is 37.2 Å². The summed E-state index contributed by atoms with van der Waals surface area (Å²) >= 11 is 0. The van der Waals surface area contributed by atoms with Gasteiger partial charge in [0.05, 0.1) is 12.0 Å². The zero-order valence-corrected chi connectivity index (χ0v) is 34.2. The molecule has 2 unspecified atom stereocenters. The van der Waals surface area contributed by atoms with Crippen LogP contribution in [0.5, 0.6) is 5.75 Å². The Morgan fingerprint density at radius 2 is 1.32 bits per heavy atom. The fourth-order valence-corrected chi connectivity index (χ4v) is 5.92. The largest absolute Gasteiger partial charge is 0.573 e. The molecule has 5 atom stereocenters. The molecule has 10 N–H and O–H groups in total. The standard InChI is InChI=1S/C37H52F3N7O7.3ClH/c1-22(2)18-29(33(49)47-31(21-26(42)12-15-41)36(52)53-35(51)25-13-16-44-17-14-25)46-34(50)30(20-23-6-4-3-5-7-23)45-32(48)28(43)19-24-8-10-27(11-9-24)54-37(38,39)40;;;/h3-11,22,25-26,28-31,44H,12-21,41-43H2,1-2H3,(H,45,48)(H,46,50)(H,47,49);3*1H/t26?,28-,29-,30-,31?;;;/m1.../s1. The van der Waals surface area contributed by atoms with Crippen LogP contribution in [0.25, 0.3) is 0 Å². The molecule has 0 aliphatic carbocycles. The van der Waals surface area contributed by atoms with Gasteiger partial charge in [-0.05, 0) is 87.3 Å². The van der Waals surface area contributed by atoms with Gasteiger partial charge in [0.25, 0.3) is 0 Å². The van der Waals surface area contributed by atoms with E-state index in [2.05, 4.69) is 26.0 Å². The number of hydrogen-bond donors (Lipinski definition) is 7. The van der Waals surface area contributed by atoms with Gasteiger partial charge in [-0.3, -0.25) is 19.2 Å². The molecule has 0 bridgehead atoms. The lowest BCUT2D eigenvalue weighted by Gasteiger charge is -2.27. The minimum Gasteiger partial charge on any atom is -0.406 e. The van der Waals surface area contributed by atoms with E-state index in [1.165, 1.54) is 12.1 Å². The smallest absolute Gasteiger partial charge is 0.406 e. The molecule has 20 heteroatoms. The van der Waals surface area contributed by atoms with E-state index in [4.69, 9.17) is 21.9 Å². The van der Waals surface area contributed by atoms with Crippen LogP contribution in [0.4, 0.5) is 13.2 Å². The monoisotopic (exact) mass is 871 g/mol. The summed E-state index contributed by atoms with van der Waals surface area (Å²) < 4.78 is 46.8. The third-order valence-electron chi connectivity index (χ3n) is 8.76. The van der Waals surface area contributed by atoms with E-state index in [-0.39, 0.29) is 75.4 Å². The number of nitrogens with one attached hydrogen (secondary N) is 4. The first-order chi connectivity index (χ1) is 25.5. The average Bonchev–Trinajstić information content (AvgIpc) is 3.11. The van der Waals surface area contributed by atoms with Gasteiger partial charge < -0.3 is 47.9 Å². The number of esters is 2. The zero-order chi connectivity index (χ0) is 39.8. The van der Waals surface area contributed by atoms with Crippen LogP contribution in [0.2, 0.25) is 0 Å². The third kappa shape index (κ3) is 19.5. The summed E-state index contributed by atoms with van der Waals surface area (Å²) in [5.74, 6) is -4.85. The Morgan fingerprint density at radius 1 is 0.772 bits per heavy atom. The van der Waals surface area contributed by atoms with E-state index in [9.17, 15) is 37.1 Å². The molecule has 1 heterocycles. The molecule has 0 spiro atoms. The number of piperidine rings is 1. The van der Waals surface area contributed by atoms with Crippen LogP contribution < -0.4 is 43.2 Å². The maximum absolute atomic E-state index is 13.9. The Balaban J connectivity index is 0.0000105. The Hall–Kier alpha value is -3.71. The number of nitrogens with two attached hydrogens (primary N) is 3. The molecule has 2 aromatic carbocycles. The maximum Gasteiger partial charge on any atom is 0.573 e. The van der Waals surface area contributed by atoms with Crippen molar-refractivity contribution in [1.82, 2.24) is 21.3 Å². The minimum atomic E-state index is -4.86. The molecule has 2 aromatic rings. The highest BCUT2D eigenvalue weighted by Crippen LogP contribution is 2.23. The molecular weight excluding hydrogens is 818 g/mol.